The molecule has 0 heterocycles. The fourth-order valence-corrected chi connectivity index (χ4v) is 1.05. The van der Waals surface area contributed by atoms with E-state index < -0.39 is 0 Å². The van der Waals surface area contributed by atoms with Crippen molar-refractivity contribution in [3.8, 4) is 0 Å². The van der Waals surface area contributed by atoms with Crippen LogP contribution in [0.4, 0.5) is 0 Å². The van der Waals surface area contributed by atoms with Crippen LogP contribution in [0.5, 0.6) is 0 Å². The van der Waals surface area contributed by atoms with E-state index in [9.17, 15) is 0 Å². The van der Waals surface area contributed by atoms with Gasteiger partial charge in [-0.15, -0.1) is 0 Å². The topological polar surface area (TPSA) is 12.0 Å². The Bertz CT molecular complexity index is 69.3. The average molecular weight is 156 g/mol. The van der Waals surface area contributed by atoms with Gasteiger partial charge in [-0.05, 0) is 13.0 Å². The van der Waals surface area contributed by atoms with Crippen molar-refractivity contribution < 1.29 is 0 Å². The predicted molar refractivity (Wildman–Crippen MR) is 51.6 cm³/mol. The van der Waals surface area contributed by atoms with E-state index in [4.69, 9.17) is 0 Å². The van der Waals surface area contributed by atoms with E-state index in [1.54, 1.807) is 0 Å². The molecule has 0 saturated carbocycles. The molecule has 0 rings (SSSR count). The Morgan fingerprint density at radius 2 is 1.73 bits per heavy atom. The van der Waals surface area contributed by atoms with E-state index in [-0.39, 0.29) is 0 Å². The molecule has 0 fully saturated rings. The lowest BCUT2D eigenvalue weighted by Gasteiger charge is -2.06. The van der Waals surface area contributed by atoms with E-state index in [2.05, 4.69) is 26.1 Å². The van der Waals surface area contributed by atoms with Crippen molar-refractivity contribution in [1.82, 2.24) is 5.32 Å². The summed E-state index contributed by atoms with van der Waals surface area (Å²) in [6, 6.07) is 0.642. The van der Waals surface area contributed by atoms with Gasteiger partial charge in [0.05, 0.1) is 0 Å². The minimum absolute atomic E-state index is 0.642. The van der Waals surface area contributed by atoms with E-state index in [1.807, 2.05) is 0 Å². The second-order valence-corrected chi connectivity index (χ2v) is 3.38. The highest BCUT2D eigenvalue weighted by atomic mass is 14.9. The summed E-state index contributed by atoms with van der Waals surface area (Å²) in [6.45, 7) is 9.37. The SMILES string of the molecule is [CH2]CCCCCCNC(C)C. The molecule has 11 heavy (non-hydrogen) atoms. The molecule has 0 bridgehead atoms. The van der Waals surface area contributed by atoms with Gasteiger partial charge in [-0.2, -0.15) is 0 Å². The minimum atomic E-state index is 0.642. The summed E-state index contributed by atoms with van der Waals surface area (Å²) in [7, 11) is 0. The van der Waals surface area contributed by atoms with Gasteiger partial charge in [0.15, 0.2) is 0 Å². The summed E-state index contributed by atoms with van der Waals surface area (Å²) < 4.78 is 0. The van der Waals surface area contributed by atoms with E-state index in [0.29, 0.717) is 6.04 Å². The molecule has 67 valence electrons. The fourth-order valence-electron chi connectivity index (χ4n) is 1.05. The molecule has 0 aromatic heterocycles. The van der Waals surface area contributed by atoms with Gasteiger partial charge in [0.2, 0.25) is 0 Å². The second-order valence-electron chi connectivity index (χ2n) is 3.38. The molecule has 0 aliphatic carbocycles. The Kier molecular flexibility index (Phi) is 8.03. The lowest BCUT2D eigenvalue weighted by Crippen LogP contribution is -2.23. The van der Waals surface area contributed by atoms with Crippen molar-refractivity contribution in [1.29, 1.82) is 0 Å². The first kappa shape index (κ1) is 11.0. The average Bonchev–Trinajstić information content (AvgIpc) is 1.96. The Hall–Kier alpha value is -0.0400. The maximum atomic E-state index is 3.82. The normalized spacial score (nSPS) is 10.9. The van der Waals surface area contributed by atoms with E-state index in [0.717, 1.165) is 6.42 Å². The highest BCUT2D eigenvalue weighted by Gasteiger charge is 1.91. The largest absolute Gasteiger partial charge is 0.315 e. The Morgan fingerprint density at radius 1 is 1.09 bits per heavy atom. The first-order chi connectivity index (χ1) is 5.27. The molecule has 0 aliphatic rings. The van der Waals surface area contributed by atoms with Gasteiger partial charge in [0, 0.05) is 6.04 Å². The number of rotatable bonds is 7. The zero-order chi connectivity index (χ0) is 8.53. The number of nitrogens with one attached hydrogen (secondary N) is 1. The highest BCUT2D eigenvalue weighted by Crippen LogP contribution is 2.00. The molecule has 1 N–H and O–H groups in total. The maximum Gasteiger partial charge on any atom is 0.00103 e. The summed E-state index contributed by atoms with van der Waals surface area (Å²) in [5, 5.41) is 3.41. The van der Waals surface area contributed by atoms with Crippen molar-refractivity contribution in [3.63, 3.8) is 0 Å². The van der Waals surface area contributed by atoms with Crippen LogP contribution in [-0.2, 0) is 0 Å². The fraction of sp³-hybridized carbons (Fsp3) is 0.900. The molecule has 1 radical (unpaired) electrons. The third-order valence-corrected chi connectivity index (χ3v) is 1.73. The Labute approximate surface area is 71.6 Å². The van der Waals surface area contributed by atoms with Crippen molar-refractivity contribution in [2.75, 3.05) is 6.54 Å². The van der Waals surface area contributed by atoms with Gasteiger partial charge in [-0.25, -0.2) is 0 Å². The Morgan fingerprint density at radius 3 is 2.27 bits per heavy atom. The molecule has 0 unspecified atom stereocenters. The quantitative estimate of drug-likeness (QED) is 0.559. The summed E-state index contributed by atoms with van der Waals surface area (Å²) in [4.78, 5) is 0. The zero-order valence-corrected chi connectivity index (χ0v) is 8.03. The molecule has 1 nitrogen and oxygen atoms in total. The van der Waals surface area contributed by atoms with Crippen molar-refractivity contribution in [2.45, 2.75) is 52.0 Å². The maximum absolute atomic E-state index is 3.82. The van der Waals surface area contributed by atoms with Crippen LogP contribution in [0, 0.1) is 6.92 Å². The van der Waals surface area contributed by atoms with Crippen molar-refractivity contribution in [2.24, 2.45) is 0 Å². The van der Waals surface area contributed by atoms with Crippen LogP contribution in [0.15, 0.2) is 0 Å². The zero-order valence-electron chi connectivity index (χ0n) is 8.03. The van der Waals surface area contributed by atoms with Gasteiger partial charge in [-0.3, -0.25) is 0 Å². The predicted octanol–water partition coefficient (Wildman–Crippen LogP) is 2.77. The second kappa shape index (κ2) is 8.06. The standard InChI is InChI=1S/C10H22N/c1-4-5-6-7-8-9-11-10(2)3/h10-11H,1,4-9H2,2-3H3. The first-order valence-corrected chi connectivity index (χ1v) is 4.80. The summed E-state index contributed by atoms with van der Waals surface area (Å²) in [5.74, 6) is 0. The first-order valence-electron chi connectivity index (χ1n) is 4.80. The van der Waals surface area contributed by atoms with Crippen LogP contribution in [0.25, 0.3) is 0 Å². The lowest BCUT2D eigenvalue weighted by molar-refractivity contribution is 0.542. The van der Waals surface area contributed by atoms with Crippen LogP contribution in [0.2, 0.25) is 0 Å². The highest BCUT2D eigenvalue weighted by molar-refractivity contribution is 4.53. The molecule has 0 aromatic carbocycles. The third kappa shape index (κ3) is 9.96. The molecule has 1 heteroatoms. The lowest BCUT2D eigenvalue weighted by atomic mass is 10.1. The van der Waals surface area contributed by atoms with Crippen LogP contribution in [-0.4, -0.2) is 12.6 Å². The van der Waals surface area contributed by atoms with Crippen LogP contribution < -0.4 is 5.32 Å². The van der Waals surface area contributed by atoms with Gasteiger partial charge in [0.1, 0.15) is 0 Å². The van der Waals surface area contributed by atoms with E-state index >= 15 is 0 Å². The number of hydrogen-bond donors (Lipinski definition) is 1. The third-order valence-electron chi connectivity index (χ3n) is 1.73. The molecular weight excluding hydrogens is 134 g/mol. The molecule has 0 saturated heterocycles. The van der Waals surface area contributed by atoms with Crippen LogP contribution >= 0.6 is 0 Å². The van der Waals surface area contributed by atoms with E-state index in [1.165, 1.54) is 32.2 Å². The molecule has 0 aliphatic heterocycles. The van der Waals surface area contributed by atoms with Gasteiger partial charge in [0.25, 0.3) is 0 Å². The number of hydrogen-bond acceptors (Lipinski definition) is 1. The smallest absolute Gasteiger partial charge is 0.00103 e. The monoisotopic (exact) mass is 156 g/mol. The minimum Gasteiger partial charge on any atom is -0.315 e. The molecule has 0 spiro atoms. The summed E-state index contributed by atoms with van der Waals surface area (Å²) in [6.07, 6.45) is 6.41. The Balaban J connectivity index is 2.80. The van der Waals surface area contributed by atoms with Gasteiger partial charge < -0.3 is 5.32 Å². The summed E-state index contributed by atoms with van der Waals surface area (Å²) in [5.41, 5.74) is 0. The van der Waals surface area contributed by atoms with Crippen LogP contribution in [0.3, 0.4) is 0 Å². The van der Waals surface area contributed by atoms with Crippen molar-refractivity contribution in [3.05, 3.63) is 6.92 Å². The number of unbranched alkanes of at least 4 members (excludes halogenated alkanes) is 4. The van der Waals surface area contributed by atoms with Gasteiger partial charge >= 0.3 is 0 Å². The van der Waals surface area contributed by atoms with Gasteiger partial charge in [-0.1, -0.05) is 46.5 Å². The molecule has 0 atom stereocenters. The van der Waals surface area contributed by atoms with Crippen molar-refractivity contribution >= 4 is 0 Å². The molecule has 0 aromatic rings. The molecule has 0 amide bonds. The van der Waals surface area contributed by atoms with Crippen LogP contribution in [0.1, 0.15) is 46.0 Å². The summed E-state index contributed by atoms with van der Waals surface area (Å²) >= 11 is 0. The molecular formula is C10H22N.